The number of benzene rings is 1. The zero-order valence-electron chi connectivity index (χ0n) is 13.8. The fourth-order valence-electron chi connectivity index (χ4n) is 2.17. The molecule has 0 spiro atoms. The molecule has 1 aromatic carbocycles. The van der Waals surface area contributed by atoms with Crippen LogP contribution in [-0.4, -0.2) is 24.1 Å². The lowest BCUT2D eigenvalue weighted by atomic mass is 10.1. The number of carbonyl (C=O) groups is 1. The molecule has 0 unspecified atom stereocenters. The first-order valence-corrected chi connectivity index (χ1v) is 7.63. The Morgan fingerprint density at radius 1 is 1.22 bits per heavy atom. The number of pyridine rings is 1. The van der Waals surface area contributed by atoms with Crippen molar-refractivity contribution in [2.45, 2.75) is 27.3 Å². The Bertz CT molecular complexity index is 671. The van der Waals surface area contributed by atoms with Gasteiger partial charge < -0.3 is 14.8 Å². The first-order valence-electron chi connectivity index (χ1n) is 7.63. The van der Waals surface area contributed by atoms with Gasteiger partial charge in [0.15, 0.2) is 6.61 Å². The van der Waals surface area contributed by atoms with Crippen molar-refractivity contribution in [3.8, 4) is 11.6 Å². The molecule has 0 fully saturated rings. The number of aryl methyl sites for hydroxylation is 2. The molecule has 0 saturated carbocycles. The highest BCUT2D eigenvalue weighted by atomic mass is 16.5. The Kier molecular flexibility index (Phi) is 5.97. The van der Waals surface area contributed by atoms with Gasteiger partial charge in [0.2, 0.25) is 5.88 Å². The van der Waals surface area contributed by atoms with Crippen molar-refractivity contribution in [1.82, 2.24) is 10.3 Å². The van der Waals surface area contributed by atoms with E-state index in [1.54, 1.807) is 6.20 Å². The van der Waals surface area contributed by atoms with Gasteiger partial charge in [0.05, 0.1) is 6.61 Å². The Balaban J connectivity index is 1.86. The van der Waals surface area contributed by atoms with Gasteiger partial charge in [-0.1, -0.05) is 23.8 Å². The summed E-state index contributed by atoms with van der Waals surface area (Å²) in [5, 5.41) is 2.81. The van der Waals surface area contributed by atoms with Gasteiger partial charge in [-0.25, -0.2) is 4.98 Å². The summed E-state index contributed by atoms with van der Waals surface area (Å²) in [7, 11) is 0. The van der Waals surface area contributed by atoms with Crippen molar-refractivity contribution >= 4 is 5.91 Å². The highest BCUT2D eigenvalue weighted by Crippen LogP contribution is 2.18. The fourth-order valence-corrected chi connectivity index (χ4v) is 2.17. The maximum atomic E-state index is 11.9. The summed E-state index contributed by atoms with van der Waals surface area (Å²) in [5.41, 5.74) is 3.03. The third-order valence-electron chi connectivity index (χ3n) is 3.30. The van der Waals surface area contributed by atoms with Gasteiger partial charge in [0.25, 0.3) is 5.91 Å². The van der Waals surface area contributed by atoms with Crippen LogP contribution in [0.5, 0.6) is 11.6 Å². The summed E-state index contributed by atoms with van der Waals surface area (Å²) in [4.78, 5) is 16.1. The molecule has 122 valence electrons. The molecule has 0 aliphatic carbocycles. The molecular formula is C18H22N2O3. The van der Waals surface area contributed by atoms with Crippen LogP contribution in [0.4, 0.5) is 0 Å². The largest absolute Gasteiger partial charge is 0.484 e. The quantitative estimate of drug-likeness (QED) is 0.853. The SMILES string of the molecule is CCOc1ncccc1CNC(=O)COc1ccc(C)cc1C. The summed E-state index contributed by atoms with van der Waals surface area (Å²) in [6, 6.07) is 9.56. The van der Waals surface area contributed by atoms with Crippen molar-refractivity contribution in [2.75, 3.05) is 13.2 Å². The first kappa shape index (κ1) is 16.8. The second-order valence-electron chi connectivity index (χ2n) is 5.24. The molecule has 2 rings (SSSR count). The first-order chi connectivity index (χ1) is 11.1. The predicted octanol–water partition coefficient (Wildman–Crippen LogP) is 2.79. The van der Waals surface area contributed by atoms with E-state index in [1.165, 1.54) is 5.56 Å². The van der Waals surface area contributed by atoms with Crippen molar-refractivity contribution in [2.24, 2.45) is 0 Å². The number of ether oxygens (including phenoxy) is 2. The normalized spacial score (nSPS) is 10.2. The van der Waals surface area contributed by atoms with Crippen LogP contribution in [0.2, 0.25) is 0 Å². The van der Waals surface area contributed by atoms with E-state index in [1.807, 2.05) is 51.1 Å². The summed E-state index contributed by atoms with van der Waals surface area (Å²) < 4.78 is 11.0. The van der Waals surface area contributed by atoms with Crippen LogP contribution >= 0.6 is 0 Å². The number of hydrogen-bond acceptors (Lipinski definition) is 4. The third-order valence-corrected chi connectivity index (χ3v) is 3.30. The second kappa shape index (κ2) is 8.17. The van der Waals surface area contributed by atoms with E-state index in [2.05, 4.69) is 10.3 Å². The van der Waals surface area contributed by atoms with Crippen LogP contribution in [0, 0.1) is 13.8 Å². The molecule has 0 bridgehead atoms. The summed E-state index contributed by atoms with van der Waals surface area (Å²) in [6.45, 7) is 6.76. The van der Waals surface area contributed by atoms with Crippen molar-refractivity contribution < 1.29 is 14.3 Å². The second-order valence-corrected chi connectivity index (χ2v) is 5.24. The van der Waals surface area contributed by atoms with E-state index in [9.17, 15) is 4.79 Å². The summed E-state index contributed by atoms with van der Waals surface area (Å²) in [6.07, 6.45) is 1.67. The summed E-state index contributed by atoms with van der Waals surface area (Å²) in [5.74, 6) is 1.09. The van der Waals surface area contributed by atoms with Gasteiger partial charge in [-0.3, -0.25) is 4.79 Å². The third kappa shape index (κ3) is 4.98. The minimum atomic E-state index is -0.184. The molecular weight excluding hydrogens is 292 g/mol. The number of aromatic nitrogens is 1. The van der Waals surface area contributed by atoms with Crippen LogP contribution < -0.4 is 14.8 Å². The average Bonchev–Trinajstić information content (AvgIpc) is 2.53. The maximum Gasteiger partial charge on any atom is 0.258 e. The predicted molar refractivity (Wildman–Crippen MR) is 88.7 cm³/mol. The van der Waals surface area contributed by atoms with Crippen LogP contribution in [0.3, 0.4) is 0 Å². The number of hydrogen-bond donors (Lipinski definition) is 1. The molecule has 0 aliphatic heterocycles. The van der Waals surface area contributed by atoms with Gasteiger partial charge in [-0.05, 0) is 38.5 Å². The van der Waals surface area contributed by atoms with Crippen molar-refractivity contribution in [3.05, 3.63) is 53.2 Å². The van der Waals surface area contributed by atoms with E-state index >= 15 is 0 Å². The lowest BCUT2D eigenvalue weighted by Gasteiger charge is -2.11. The van der Waals surface area contributed by atoms with Gasteiger partial charge in [-0.2, -0.15) is 0 Å². The van der Waals surface area contributed by atoms with Crippen molar-refractivity contribution in [3.63, 3.8) is 0 Å². The number of amides is 1. The molecule has 0 atom stereocenters. The molecule has 0 aliphatic rings. The molecule has 0 saturated heterocycles. The lowest BCUT2D eigenvalue weighted by Crippen LogP contribution is -2.28. The molecule has 2 aromatic rings. The van der Waals surface area contributed by atoms with E-state index in [-0.39, 0.29) is 12.5 Å². The molecule has 1 aromatic heterocycles. The Hall–Kier alpha value is -2.56. The number of rotatable bonds is 7. The highest BCUT2D eigenvalue weighted by molar-refractivity contribution is 5.77. The lowest BCUT2D eigenvalue weighted by molar-refractivity contribution is -0.123. The highest BCUT2D eigenvalue weighted by Gasteiger charge is 2.08. The molecule has 5 nitrogen and oxygen atoms in total. The Labute approximate surface area is 136 Å². The van der Waals surface area contributed by atoms with E-state index in [0.29, 0.717) is 19.0 Å². The monoisotopic (exact) mass is 314 g/mol. The van der Waals surface area contributed by atoms with Gasteiger partial charge in [-0.15, -0.1) is 0 Å². The van der Waals surface area contributed by atoms with Gasteiger partial charge in [0.1, 0.15) is 5.75 Å². The average molecular weight is 314 g/mol. The van der Waals surface area contributed by atoms with Crippen LogP contribution in [0.1, 0.15) is 23.6 Å². The van der Waals surface area contributed by atoms with Gasteiger partial charge in [0, 0.05) is 18.3 Å². The Morgan fingerprint density at radius 2 is 2.04 bits per heavy atom. The van der Waals surface area contributed by atoms with E-state index < -0.39 is 0 Å². The van der Waals surface area contributed by atoms with E-state index in [4.69, 9.17) is 9.47 Å². The minimum absolute atomic E-state index is 0.0197. The molecule has 23 heavy (non-hydrogen) atoms. The topological polar surface area (TPSA) is 60.5 Å². The summed E-state index contributed by atoms with van der Waals surface area (Å²) >= 11 is 0. The zero-order valence-corrected chi connectivity index (χ0v) is 13.8. The van der Waals surface area contributed by atoms with Crippen LogP contribution in [0.25, 0.3) is 0 Å². The minimum Gasteiger partial charge on any atom is -0.484 e. The van der Waals surface area contributed by atoms with Gasteiger partial charge >= 0.3 is 0 Å². The molecule has 1 heterocycles. The van der Waals surface area contributed by atoms with Crippen LogP contribution in [-0.2, 0) is 11.3 Å². The van der Waals surface area contributed by atoms with Crippen LogP contribution in [0.15, 0.2) is 36.5 Å². The smallest absolute Gasteiger partial charge is 0.258 e. The molecule has 1 amide bonds. The number of nitrogens with one attached hydrogen (secondary N) is 1. The molecule has 0 radical (unpaired) electrons. The number of carbonyl (C=O) groups excluding carboxylic acids is 1. The number of nitrogens with zero attached hydrogens (tertiary/aromatic N) is 1. The van der Waals surface area contributed by atoms with E-state index in [0.717, 1.165) is 16.9 Å². The molecule has 1 N–H and O–H groups in total. The zero-order chi connectivity index (χ0) is 16.7. The Morgan fingerprint density at radius 3 is 2.78 bits per heavy atom. The standard InChI is InChI=1S/C18H22N2O3/c1-4-22-18-15(6-5-9-19-18)11-20-17(21)12-23-16-8-7-13(2)10-14(16)3/h5-10H,4,11-12H2,1-3H3,(H,20,21). The maximum absolute atomic E-state index is 11.9. The van der Waals surface area contributed by atoms with Crippen molar-refractivity contribution in [1.29, 1.82) is 0 Å². The fraction of sp³-hybridized carbons (Fsp3) is 0.333. The molecule has 5 heteroatoms.